The molecule has 0 saturated heterocycles. The van der Waals surface area contributed by atoms with Crippen molar-refractivity contribution >= 4 is 28.6 Å². The number of imidazole rings is 1. The van der Waals surface area contributed by atoms with Crippen molar-refractivity contribution in [3.63, 3.8) is 0 Å². The largest absolute Gasteiger partial charge is 0.497 e. The molecular weight excluding hydrogens is 366 g/mol. The third-order valence-corrected chi connectivity index (χ3v) is 4.76. The first-order valence-corrected chi connectivity index (χ1v) is 9.43. The molecule has 0 atom stereocenters. The Morgan fingerprint density at radius 2 is 1.96 bits per heavy atom. The van der Waals surface area contributed by atoms with Gasteiger partial charge in [0.25, 0.3) is 0 Å². The van der Waals surface area contributed by atoms with Crippen molar-refractivity contribution in [2.24, 2.45) is 0 Å². The Labute approximate surface area is 163 Å². The van der Waals surface area contributed by atoms with Crippen LogP contribution in [-0.2, 0) is 13.0 Å². The van der Waals surface area contributed by atoms with Crippen LogP contribution in [-0.4, -0.2) is 39.6 Å². The van der Waals surface area contributed by atoms with Gasteiger partial charge in [0.05, 0.1) is 14.2 Å². The maximum atomic E-state index is 6.02. The molecule has 27 heavy (non-hydrogen) atoms. The lowest BCUT2D eigenvalue weighted by Crippen LogP contribution is -2.07. The van der Waals surface area contributed by atoms with Crippen LogP contribution >= 0.6 is 11.6 Å². The predicted octanol–water partition coefficient (Wildman–Crippen LogP) is 3.43. The van der Waals surface area contributed by atoms with Gasteiger partial charge < -0.3 is 19.8 Å². The van der Waals surface area contributed by atoms with E-state index in [9.17, 15) is 0 Å². The van der Waals surface area contributed by atoms with E-state index >= 15 is 0 Å². The summed E-state index contributed by atoms with van der Waals surface area (Å²) in [5.41, 5.74) is 8.39. The fourth-order valence-electron chi connectivity index (χ4n) is 3.10. The zero-order valence-corrected chi connectivity index (χ0v) is 16.4. The molecule has 2 N–H and O–H groups in total. The molecule has 0 radical (unpaired) electrons. The number of hydrogen-bond acceptors (Lipinski definition) is 6. The highest BCUT2D eigenvalue weighted by Gasteiger charge is 2.17. The molecule has 0 bridgehead atoms. The number of methoxy groups -OCH3 is 2. The first-order chi connectivity index (χ1) is 13.2. The Kier molecular flexibility index (Phi) is 6.34. The highest BCUT2D eigenvalue weighted by molar-refractivity contribution is 6.17. The van der Waals surface area contributed by atoms with Crippen LogP contribution < -0.4 is 15.2 Å². The van der Waals surface area contributed by atoms with Gasteiger partial charge in [-0.05, 0) is 31.0 Å². The van der Waals surface area contributed by atoms with Crippen LogP contribution in [0.4, 0.5) is 5.82 Å². The quantitative estimate of drug-likeness (QED) is 0.445. The van der Waals surface area contributed by atoms with E-state index in [1.807, 2.05) is 18.2 Å². The summed E-state index contributed by atoms with van der Waals surface area (Å²) in [5.74, 6) is 3.49. The Balaban J connectivity index is 1.99. The minimum Gasteiger partial charge on any atom is -0.497 e. The summed E-state index contributed by atoms with van der Waals surface area (Å²) < 4.78 is 13.0. The minimum atomic E-state index is 0.387. The maximum absolute atomic E-state index is 6.02. The minimum absolute atomic E-state index is 0.387. The van der Waals surface area contributed by atoms with Gasteiger partial charge in [-0.2, -0.15) is 0 Å². The second-order valence-corrected chi connectivity index (χ2v) is 6.59. The number of nitrogens with zero attached hydrogens (tertiary/aromatic N) is 4. The number of benzene rings is 1. The number of fused-ring (bicyclic) bond motifs is 1. The van der Waals surface area contributed by atoms with Crippen LogP contribution in [0.15, 0.2) is 24.5 Å². The fraction of sp³-hybridized carbons (Fsp3) is 0.421. The number of ether oxygens (including phenoxy) is 2. The van der Waals surface area contributed by atoms with Crippen molar-refractivity contribution < 1.29 is 9.47 Å². The van der Waals surface area contributed by atoms with E-state index in [4.69, 9.17) is 31.8 Å². The summed E-state index contributed by atoms with van der Waals surface area (Å²) >= 11 is 5.80. The molecule has 3 rings (SSSR count). The molecule has 7 nitrogen and oxygen atoms in total. The van der Waals surface area contributed by atoms with Crippen LogP contribution in [0.25, 0.3) is 11.2 Å². The van der Waals surface area contributed by atoms with Gasteiger partial charge >= 0.3 is 0 Å². The number of nitrogens with two attached hydrogens (primary N) is 1. The van der Waals surface area contributed by atoms with E-state index < -0.39 is 0 Å². The van der Waals surface area contributed by atoms with Crippen molar-refractivity contribution in [1.29, 1.82) is 0 Å². The lowest BCUT2D eigenvalue weighted by molar-refractivity contribution is 0.399. The molecule has 0 aliphatic rings. The summed E-state index contributed by atoms with van der Waals surface area (Å²) in [6.45, 7) is 0.797. The summed E-state index contributed by atoms with van der Waals surface area (Å²) in [6.07, 6.45) is 5.08. The van der Waals surface area contributed by atoms with Crippen LogP contribution in [0.1, 0.15) is 30.7 Å². The Morgan fingerprint density at radius 3 is 2.70 bits per heavy atom. The Morgan fingerprint density at radius 1 is 1.11 bits per heavy atom. The van der Waals surface area contributed by atoms with Crippen molar-refractivity contribution in [3.8, 4) is 11.5 Å². The van der Waals surface area contributed by atoms with Crippen molar-refractivity contribution in [2.75, 3.05) is 25.8 Å². The zero-order valence-electron chi connectivity index (χ0n) is 15.6. The van der Waals surface area contributed by atoms with Crippen LogP contribution in [0, 0.1) is 0 Å². The summed E-state index contributed by atoms with van der Waals surface area (Å²) in [7, 11) is 3.30. The van der Waals surface area contributed by atoms with Gasteiger partial charge in [-0.25, -0.2) is 15.0 Å². The number of anilines is 1. The lowest BCUT2D eigenvalue weighted by Gasteiger charge is -2.12. The molecule has 0 saturated carbocycles. The van der Waals surface area contributed by atoms with Gasteiger partial charge in [0.2, 0.25) is 0 Å². The predicted molar refractivity (Wildman–Crippen MR) is 107 cm³/mol. The van der Waals surface area contributed by atoms with Gasteiger partial charge in [-0.3, -0.25) is 0 Å². The number of aryl methyl sites for hydroxylation is 1. The molecule has 0 unspecified atom stereocenters. The molecular formula is C19H24ClN5O2. The van der Waals surface area contributed by atoms with Crippen molar-refractivity contribution in [3.05, 3.63) is 35.9 Å². The smallest absolute Gasteiger partial charge is 0.165 e. The van der Waals surface area contributed by atoms with E-state index in [0.717, 1.165) is 54.3 Å². The standard InChI is InChI=1S/C19H24ClN5O2/c1-26-14-6-7-15(27-2)13(10-14)11-16-24-17-18(21)22-12-23-19(17)25(16)9-5-3-4-8-20/h6-7,10,12H,3-5,8-9,11H2,1-2H3,(H2,21,22,23). The normalized spacial score (nSPS) is 11.1. The Hall–Kier alpha value is -2.54. The molecule has 0 aliphatic carbocycles. The second-order valence-electron chi connectivity index (χ2n) is 6.21. The van der Waals surface area contributed by atoms with Crippen molar-refractivity contribution in [1.82, 2.24) is 19.5 Å². The average molecular weight is 390 g/mol. The molecule has 3 aromatic rings. The molecule has 0 fully saturated rings. The number of hydrogen-bond donors (Lipinski definition) is 1. The number of alkyl halides is 1. The van der Waals surface area contributed by atoms with E-state index in [-0.39, 0.29) is 0 Å². The monoisotopic (exact) mass is 389 g/mol. The van der Waals surface area contributed by atoms with E-state index in [2.05, 4.69) is 14.5 Å². The molecule has 2 aromatic heterocycles. The lowest BCUT2D eigenvalue weighted by atomic mass is 10.1. The van der Waals surface area contributed by atoms with Gasteiger partial charge in [-0.1, -0.05) is 6.42 Å². The number of halogens is 1. The maximum Gasteiger partial charge on any atom is 0.165 e. The van der Waals surface area contributed by atoms with E-state index in [0.29, 0.717) is 23.6 Å². The molecule has 8 heteroatoms. The van der Waals surface area contributed by atoms with Crippen LogP contribution in [0.2, 0.25) is 0 Å². The highest BCUT2D eigenvalue weighted by Crippen LogP contribution is 2.28. The molecule has 0 spiro atoms. The summed E-state index contributed by atoms with van der Waals surface area (Å²) in [4.78, 5) is 13.2. The van der Waals surface area contributed by atoms with E-state index in [1.165, 1.54) is 6.33 Å². The van der Waals surface area contributed by atoms with Gasteiger partial charge in [0.15, 0.2) is 17.0 Å². The SMILES string of the molecule is COc1ccc(OC)c(Cc2nc3c(N)ncnc3n2CCCCCCl)c1. The van der Waals surface area contributed by atoms with Gasteiger partial charge in [0.1, 0.15) is 23.7 Å². The van der Waals surface area contributed by atoms with Crippen LogP contribution in [0.5, 0.6) is 11.5 Å². The first-order valence-electron chi connectivity index (χ1n) is 8.90. The fourth-order valence-corrected chi connectivity index (χ4v) is 3.29. The number of aromatic nitrogens is 4. The van der Waals surface area contributed by atoms with Crippen LogP contribution in [0.3, 0.4) is 0 Å². The zero-order chi connectivity index (χ0) is 19.2. The highest BCUT2D eigenvalue weighted by atomic mass is 35.5. The van der Waals surface area contributed by atoms with E-state index in [1.54, 1.807) is 14.2 Å². The van der Waals surface area contributed by atoms with Gasteiger partial charge in [0, 0.05) is 24.4 Å². The third-order valence-electron chi connectivity index (χ3n) is 4.49. The molecule has 1 aromatic carbocycles. The Bertz CT molecular complexity index is 912. The average Bonchev–Trinajstić information content (AvgIpc) is 3.04. The first kappa shape index (κ1) is 19.2. The molecule has 2 heterocycles. The molecule has 0 amide bonds. The van der Waals surface area contributed by atoms with Crippen molar-refractivity contribution in [2.45, 2.75) is 32.2 Å². The van der Waals surface area contributed by atoms with Gasteiger partial charge in [-0.15, -0.1) is 11.6 Å². The molecule has 0 aliphatic heterocycles. The second kappa shape index (κ2) is 8.90. The summed E-state index contributed by atoms with van der Waals surface area (Å²) in [5, 5.41) is 0. The number of rotatable bonds is 9. The number of unbranched alkanes of at least 4 members (excludes halogenated alkanes) is 2. The topological polar surface area (TPSA) is 88.1 Å². The number of nitrogen functional groups attached to an aromatic ring is 1. The third kappa shape index (κ3) is 4.24. The summed E-state index contributed by atoms with van der Waals surface area (Å²) in [6, 6.07) is 5.74. The molecule has 144 valence electrons.